The van der Waals surface area contributed by atoms with E-state index in [-0.39, 0.29) is 12.5 Å². The van der Waals surface area contributed by atoms with Crippen LogP contribution in [0.25, 0.3) is 11.1 Å². The summed E-state index contributed by atoms with van der Waals surface area (Å²) in [5, 5.41) is 3.16. The minimum atomic E-state index is -1.22. The van der Waals surface area contributed by atoms with Crippen LogP contribution in [0.3, 0.4) is 0 Å². The van der Waals surface area contributed by atoms with Crippen molar-refractivity contribution in [2.24, 2.45) is 0 Å². The molecule has 6 heteroatoms. The molecule has 0 amide bonds. The lowest BCUT2D eigenvalue weighted by Gasteiger charge is -2.28. The first-order valence-corrected chi connectivity index (χ1v) is 10.4. The highest BCUT2D eigenvalue weighted by atomic mass is 16.6. The smallest absolute Gasteiger partial charge is 0.342 e. The fourth-order valence-corrected chi connectivity index (χ4v) is 3.36. The Kier molecular flexibility index (Phi) is 8.36. The fraction of sp³-hybridized carbons (Fsp3) is 0.440. The van der Waals surface area contributed by atoms with Crippen LogP contribution in [0.5, 0.6) is 0 Å². The van der Waals surface area contributed by atoms with E-state index in [0.717, 1.165) is 16.7 Å². The maximum Gasteiger partial charge on any atom is 0.342 e. The molecule has 168 valence electrons. The molecule has 0 radical (unpaired) electrons. The summed E-state index contributed by atoms with van der Waals surface area (Å²) >= 11 is 0. The summed E-state index contributed by atoms with van der Waals surface area (Å²) in [4.78, 5) is 24.6. The summed E-state index contributed by atoms with van der Waals surface area (Å²) in [5.41, 5.74) is 1.91. The van der Waals surface area contributed by atoms with E-state index >= 15 is 0 Å². The molecular weight excluding hydrogens is 394 g/mol. The van der Waals surface area contributed by atoms with Gasteiger partial charge in [-0.25, -0.2) is 4.79 Å². The molecule has 0 bridgehead atoms. The molecule has 1 atom stereocenters. The van der Waals surface area contributed by atoms with Gasteiger partial charge in [0.25, 0.3) is 0 Å². The number of nitrogens with one attached hydrogen (secondary N) is 1. The van der Waals surface area contributed by atoms with Gasteiger partial charge >= 0.3 is 11.9 Å². The molecule has 0 aromatic heterocycles. The molecule has 2 aromatic rings. The first-order chi connectivity index (χ1) is 14.6. The van der Waals surface area contributed by atoms with Gasteiger partial charge in [0, 0.05) is 13.2 Å². The summed E-state index contributed by atoms with van der Waals surface area (Å²) in [5.74, 6) is -0.784. The van der Waals surface area contributed by atoms with E-state index < -0.39 is 17.2 Å². The number of ether oxygens (including phenoxy) is 3. The van der Waals surface area contributed by atoms with Gasteiger partial charge in [-0.1, -0.05) is 48.5 Å². The predicted octanol–water partition coefficient (Wildman–Crippen LogP) is 4.21. The molecule has 0 aliphatic rings. The number of hydrogen-bond acceptors (Lipinski definition) is 6. The van der Waals surface area contributed by atoms with Gasteiger partial charge in [0.1, 0.15) is 5.60 Å². The van der Waals surface area contributed by atoms with Crippen LogP contribution in [-0.2, 0) is 35.9 Å². The summed E-state index contributed by atoms with van der Waals surface area (Å²) in [6.07, 6.45) is 0. The fourth-order valence-electron chi connectivity index (χ4n) is 3.36. The highest BCUT2D eigenvalue weighted by Gasteiger charge is 2.37. The molecule has 2 aromatic carbocycles. The lowest BCUT2D eigenvalue weighted by Crippen LogP contribution is -2.37. The van der Waals surface area contributed by atoms with E-state index in [1.54, 1.807) is 6.92 Å². The third-order valence-electron chi connectivity index (χ3n) is 4.75. The average molecular weight is 428 g/mol. The number of methoxy groups -OCH3 is 1. The molecular formula is C25H33NO5. The zero-order chi connectivity index (χ0) is 23.1. The van der Waals surface area contributed by atoms with Crippen LogP contribution in [0.2, 0.25) is 0 Å². The first-order valence-electron chi connectivity index (χ1n) is 10.4. The monoisotopic (exact) mass is 427 g/mol. The summed E-state index contributed by atoms with van der Waals surface area (Å²) in [6.45, 7) is 9.91. The number of carbonyl (C=O) groups is 2. The maximum atomic E-state index is 12.5. The molecule has 6 nitrogen and oxygen atoms in total. The molecule has 0 heterocycles. The first kappa shape index (κ1) is 24.6. The molecule has 0 saturated carbocycles. The third kappa shape index (κ3) is 6.64. The zero-order valence-corrected chi connectivity index (χ0v) is 19.3. The molecule has 0 aliphatic heterocycles. The van der Waals surface area contributed by atoms with Crippen molar-refractivity contribution in [3.05, 3.63) is 59.7 Å². The van der Waals surface area contributed by atoms with Crippen LogP contribution in [0.1, 0.15) is 45.7 Å². The van der Waals surface area contributed by atoms with Crippen LogP contribution >= 0.6 is 0 Å². The van der Waals surface area contributed by atoms with Gasteiger partial charge < -0.3 is 19.5 Å². The van der Waals surface area contributed by atoms with Crippen molar-refractivity contribution in [3.63, 3.8) is 0 Å². The average Bonchev–Trinajstić information content (AvgIpc) is 2.72. The van der Waals surface area contributed by atoms with Gasteiger partial charge in [-0.3, -0.25) is 4.79 Å². The van der Waals surface area contributed by atoms with E-state index in [1.807, 2.05) is 76.2 Å². The normalized spacial score (nSPS) is 13.4. The van der Waals surface area contributed by atoms with Crippen molar-refractivity contribution in [2.75, 3.05) is 20.3 Å². The highest BCUT2D eigenvalue weighted by Crippen LogP contribution is 2.32. The van der Waals surface area contributed by atoms with Crippen molar-refractivity contribution in [1.29, 1.82) is 0 Å². The lowest BCUT2D eigenvalue weighted by molar-refractivity contribution is -0.168. The van der Waals surface area contributed by atoms with Crippen LogP contribution < -0.4 is 5.32 Å². The van der Waals surface area contributed by atoms with Crippen LogP contribution in [0.15, 0.2) is 48.5 Å². The number of rotatable bonds is 9. The number of hydrogen-bond donors (Lipinski definition) is 1. The topological polar surface area (TPSA) is 73.9 Å². The van der Waals surface area contributed by atoms with Crippen LogP contribution in [-0.4, -0.2) is 37.8 Å². The zero-order valence-electron chi connectivity index (χ0n) is 19.3. The summed E-state index contributed by atoms with van der Waals surface area (Å²) in [6, 6.07) is 15.7. The second kappa shape index (κ2) is 10.6. The number of benzene rings is 2. The van der Waals surface area contributed by atoms with Gasteiger partial charge in [-0.15, -0.1) is 0 Å². The standard InChI is InChI=1S/C25H33NO5/c1-7-30-25(5,23(28)29-6)20-13-14-21(18-11-9-8-10-12-18)19(15-20)16-26-17-22(27)31-24(2,3)4/h8-15,26H,7,16-17H2,1-6H3. The largest absolute Gasteiger partial charge is 0.467 e. The molecule has 2 rings (SSSR count). The predicted molar refractivity (Wildman–Crippen MR) is 120 cm³/mol. The SMILES string of the molecule is CCOC(C)(C(=O)OC)c1ccc(-c2ccccc2)c(CNCC(=O)OC(C)(C)C)c1. The van der Waals surface area contributed by atoms with Crippen LogP contribution in [0.4, 0.5) is 0 Å². The Morgan fingerprint density at radius 3 is 2.26 bits per heavy atom. The Hall–Kier alpha value is -2.70. The minimum absolute atomic E-state index is 0.0788. The highest BCUT2D eigenvalue weighted by molar-refractivity contribution is 5.81. The van der Waals surface area contributed by atoms with Gasteiger partial charge in [0.2, 0.25) is 0 Å². The number of carbonyl (C=O) groups excluding carboxylic acids is 2. The Morgan fingerprint density at radius 1 is 1.00 bits per heavy atom. The Morgan fingerprint density at radius 2 is 1.68 bits per heavy atom. The molecule has 1 N–H and O–H groups in total. The van der Waals surface area contributed by atoms with Crippen LogP contribution in [0, 0.1) is 0 Å². The van der Waals surface area contributed by atoms with Crippen molar-refractivity contribution < 1.29 is 23.8 Å². The van der Waals surface area contributed by atoms with E-state index in [1.165, 1.54) is 7.11 Å². The Balaban J connectivity index is 2.36. The lowest BCUT2D eigenvalue weighted by atomic mass is 9.90. The Bertz CT molecular complexity index is 889. The quantitative estimate of drug-likeness (QED) is 0.605. The van der Waals surface area contributed by atoms with Gasteiger partial charge in [-0.05, 0) is 56.9 Å². The van der Waals surface area contributed by atoms with Crippen molar-refractivity contribution in [1.82, 2.24) is 5.32 Å². The molecule has 0 fully saturated rings. The second-order valence-electron chi connectivity index (χ2n) is 8.39. The molecule has 0 saturated heterocycles. The van der Waals surface area contributed by atoms with E-state index in [2.05, 4.69) is 5.32 Å². The number of esters is 2. The molecule has 0 aliphatic carbocycles. The summed E-state index contributed by atoms with van der Waals surface area (Å²) in [7, 11) is 1.35. The maximum absolute atomic E-state index is 12.5. The minimum Gasteiger partial charge on any atom is -0.467 e. The molecule has 31 heavy (non-hydrogen) atoms. The van der Waals surface area contributed by atoms with E-state index in [4.69, 9.17) is 14.2 Å². The van der Waals surface area contributed by atoms with E-state index in [0.29, 0.717) is 18.7 Å². The third-order valence-corrected chi connectivity index (χ3v) is 4.75. The van der Waals surface area contributed by atoms with Crippen molar-refractivity contribution >= 4 is 11.9 Å². The second-order valence-corrected chi connectivity index (χ2v) is 8.39. The van der Waals surface area contributed by atoms with E-state index in [9.17, 15) is 9.59 Å². The van der Waals surface area contributed by atoms with Gasteiger partial charge in [0.15, 0.2) is 5.60 Å². The van der Waals surface area contributed by atoms with Gasteiger partial charge in [0.05, 0.1) is 13.7 Å². The van der Waals surface area contributed by atoms with Crippen molar-refractivity contribution in [2.45, 2.75) is 52.4 Å². The molecule has 0 spiro atoms. The van der Waals surface area contributed by atoms with Gasteiger partial charge in [-0.2, -0.15) is 0 Å². The Labute approximate surface area is 184 Å². The summed E-state index contributed by atoms with van der Waals surface area (Å²) < 4.78 is 16.2. The van der Waals surface area contributed by atoms with Crippen molar-refractivity contribution in [3.8, 4) is 11.1 Å². The molecule has 1 unspecified atom stereocenters.